The summed E-state index contributed by atoms with van der Waals surface area (Å²) in [5, 5.41) is 0. The average molecular weight is 164 g/mol. The molecule has 64 valence electrons. The van der Waals surface area contributed by atoms with Crippen molar-refractivity contribution >= 4 is 5.97 Å². The zero-order valence-electron chi connectivity index (χ0n) is 6.90. The van der Waals surface area contributed by atoms with Crippen molar-refractivity contribution in [1.29, 1.82) is 0 Å². The molecular weight excluding hydrogens is 152 g/mol. The van der Waals surface area contributed by atoms with Crippen molar-refractivity contribution in [3.8, 4) is 0 Å². The SMILES string of the molecule is O=C1O[C@H]2/C=C\C[C@@H]3[C@H](CC2)[C@@H]13. The van der Waals surface area contributed by atoms with E-state index >= 15 is 0 Å². The Kier molecular flexibility index (Phi) is 1.18. The number of carbonyl (C=O) groups excluding carboxylic acids is 1. The first kappa shape index (κ1) is 6.70. The molecule has 1 saturated carbocycles. The van der Waals surface area contributed by atoms with Crippen molar-refractivity contribution in [3.05, 3.63) is 12.2 Å². The summed E-state index contributed by atoms with van der Waals surface area (Å²) in [6, 6.07) is 0. The summed E-state index contributed by atoms with van der Waals surface area (Å²) >= 11 is 0. The van der Waals surface area contributed by atoms with Crippen molar-refractivity contribution in [2.75, 3.05) is 0 Å². The van der Waals surface area contributed by atoms with Gasteiger partial charge in [0, 0.05) is 0 Å². The van der Waals surface area contributed by atoms with Gasteiger partial charge in [-0.2, -0.15) is 0 Å². The van der Waals surface area contributed by atoms with Crippen LogP contribution in [0.1, 0.15) is 19.3 Å². The normalized spacial score (nSPS) is 51.8. The lowest BCUT2D eigenvalue weighted by Crippen LogP contribution is -2.17. The van der Waals surface area contributed by atoms with Crippen LogP contribution in [-0.4, -0.2) is 12.1 Å². The molecule has 2 aliphatic heterocycles. The van der Waals surface area contributed by atoms with E-state index in [1.165, 1.54) is 6.42 Å². The van der Waals surface area contributed by atoms with Gasteiger partial charge in [-0.15, -0.1) is 0 Å². The number of fused-ring (bicyclic) bond motifs is 3. The summed E-state index contributed by atoms with van der Waals surface area (Å²) in [5.74, 6) is 1.61. The lowest BCUT2D eigenvalue weighted by Gasteiger charge is -2.14. The first-order valence-corrected chi connectivity index (χ1v) is 4.73. The molecular formula is C10H12O2. The molecule has 0 radical (unpaired) electrons. The van der Waals surface area contributed by atoms with Crippen LogP contribution in [0.5, 0.6) is 0 Å². The molecule has 4 atom stereocenters. The van der Waals surface area contributed by atoms with Gasteiger partial charge < -0.3 is 4.74 Å². The molecule has 1 saturated heterocycles. The van der Waals surface area contributed by atoms with Crippen LogP contribution in [0.3, 0.4) is 0 Å². The summed E-state index contributed by atoms with van der Waals surface area (Å²) in [7, 11) is 0. The molecule has 4 bridgehead atoms. The van der Waals surface area contributed by atoms with Gasteiger partial charge in [0.1, 0.15) is 6.10 Å². The lowest BCUT2D eigenvalue weighted by atomic mass is 10.0. The summed E-state index contributed by atoms with van der Waals surface area (Å²) in [6.45, 7) is 0. The van der Waals surface area contributed by atoms with Crippen LogP contribution >= 0.6 is 0 Å². The van der Waals surface area contributed by atoms with Crippen LogP contribution in [0.15, 0.2) is 12.2 Å². The smallest absolute Gasteiger partial charge is 0.310 e. The van der Waals surface area contributed by atoms with Gasteiger partial charge in [0.05, 0.1) is 5.92 Å². The number of hydrogen-bond donors (Lipinski definition) is 0. The van der Waals surface area contributed by atoms with Crippen LogP contribution in [0, 0.1) is 17.8 Å². The van der Waals surface area contributed by atoms with E-state index in [9.17, 15) is 4.79 Å². The Hall–Kier alpha value is -0.790. The molecule has 2 aliphatic carbocycles. The van der Waals surface area contributed by atoms with E-state index in [1.54, 1.807) is 0 Å². The molecule has 2 heterocycles. The van der Waals surface area contributed by atoms with E-state index < -0.39 is 0 Å². The van der Waals surface area contributed by atoms with Gasteiger partial charge in [0.2, 0.25) is 0 Å². The third-order valence-electron chi connectivity index (χ3n) is 3.41. The van der Waals surface area contributed by atoms with Crippen molar-refractivity contribution in [3.63, 3.8) is 0 Å². The summed E-state index contributed by atoms with van der Waals surface area (Å²) in [6.07, 6.45) is 7.67. The Bertz CT molecular complexity index is 257. The number of hydrogen-bond acceptors (Lipinski definition) is 2. The molecule has 12 heavy (non-hydrogen) atoms. The van der Waals surface area contributed by atoms with Gasteiger partial charge in [-0.3, -0.25) is 4.79 Å². The molecule has 2 fully saturated rings. The molecule has 0 amide bonds. The fourth-order valence-corrected chi connectivity index (χ4v) is 2.68. The fraction of sp³-hybridized carbons (Fsp3) is 0.700. The summed E-state index contributed by atoms with van der Waals surface area (Å²) in [4.78, 5) is 11.4. The third kappa shape index (κ3) is 0.780. The van der Waals surface area contributed by atoms with Crippen molar-refractivity contribution in [2.45, 2.75) is 25.4 Å². The number of ether oxygens (including phenoxy) is 1. The second kappa shape index (κ2) is 2.12. The number of rotatable bonds is 0. The maximum absolute atomic E-state index is 11.4. The summed E-state index contributed by atoms with van der Waals surface area (Å²) in [5.41, 5.74) is 0. The molecule has 4 aliphatic rings. The maximum Gasteiger partial charge on any atom is 0.310 e. The molecule has 0 N–H and O–H groups in total. The quantitative estimate of drug-likeness (QED) is 0.400. The van der Waals surface area contributed by atoms with Crippen LogP contribution in [0.2, 0.25) is 0 Å². The second-order valence-corrected chi connectivity index (χ2v) is 4.07. The average Bonchev–Trinajstić information content (AvgIpc) is 2.66. The first-order valence-electron chi connectivity index (χ1n) is 4.73. The standard InChI is InChI=1S/C10H12O2/c11-10-9-7-3-1-2-6(12-10)4-5-8(7)9/h1-2,6-9H,3-5H2/b2-1-/t6-,7+,8-,9-/m0/s1. The minimum Gasteiger partial charge on any atom is -0.458 e. The predicted molar refractivity (Wildman–Crippen MR) is 43.3 cm³/mol. The zero-order chi connectivity index (χ0) is 8.13. The monoisotopic (exact) mass is 164 g/mol. The van der Waals surface area contributed by atoms with Gasteiger partial charge in [-0.05, 0) is 37.2 Å². The van der Waals surface area contributed by atoms with E-state index in [0.29, 0.717) is 11.8 Å². The van der Waals surface area contributed by atoms with Gasteiger partial charge in [-0.1, -0.05) is 6.08 Å². The van der Waals surface area contributed by atoms with Crippen molar-refractivity contribution in [2.24, 2.45) is 17.8 Å². The van der Waals surface area contributed by atoms with E-state index in [0.717, 1.165) is 12.8 Å². The van der Waals surface area contributed by atoms with Gasteiger partial charge in [0.15, 0.2) is 0 Å². The highest BCUT2D eigenvalue weighted by Crippen LogP contribution is 2.55. The van der Waals surface area contributed by atoms with Gasteiger partial charge >= 0.3 is 5.97 Å². The van der Waals surface area contributed by atoms with E-state index in [2.05, 4.69) is 12.2 Å². The Balaban J connectivity index is 1.98. The third-order valence-corrected chi connectivity index (χ3v) is 3.41. The van der Waals surface area contributed by atoms with E-state index in [4.69, 9.17) is 4.74 Å². The minimum absolute atomic E-state index is 0.0665. The highest BCUT2D eigenvalue weighted by atomic mass is 16.5. The fourth-order valence-electron chi connectivity index (χ4n) is 2.68. The lowest BCUT2D eigenvalue weighted by molar-refractivity contribution is -0.148. The van der Waals surface area contributed by atoms with Crippen LogP contribution < -0.4 is 0 Å². The van der Waals surface area contributed by atoms with Crippen molar-refractivity contribution < 1.29 is 9.53 Å². The van der Waals surface area contributed by atoms with Gasteiger partial charge in [-0.25, -0.2) is 0 Å². The number of esters is 1. The Morgan fingerprint density at radius 2 is 2.25 bits per heavy atom. The maximum atomic E-state index is 11.4. The molecule has 0 aromatic carbocycles. The minimum atomic E-state index is 0.0665. The molecule has 0 spiro atoms. The van der Waals surface area contributed by atoms with Gasteiger partial charge in [0.25, 0.3) is 0 Å². The molecule has 0 aromatic rings. The molecule has 4 rings (SSSR count). The molecule has 0 unspecified atom stereocenters. The first-order chi connectivity index (χ1) is 5.86. The largest absolute Gasteiger partial charge is 0.458 e. The Morgan fingerprint density at radius 1 is 1.33 bits per heavy atom. The molecule has 0 aromatic heterocycles. The second-order valence-electron chi connectivity index (χ2n) is 4.07. The van der Waals surface area contributed by atoms with Crippen LogP contribution in [0.4, 0.5) is 0 Å². The number of allylic oxidation sites excluding steroid dienone is 1. The van der Waals surface area contributed by atoms with E-state index in [1.807, 2.05) is 0 Å². The van der Waals surface area contributed by atoms with Crippen LogP contribution in [0.25, 0.3) is 0 Å². The molecule has 2 heteroatoms. The molecule has 2 nitrogen and oxygen atoms in total. The summed E-state index contributed by atoms with van der Waals surface area (Å²) < 4.78 is 5.31. The Labute approximate surface area is 71.6 Å². The number of carbonyl (C=O) groups is 1. The zero-order valence-corrected chi connectivity index (χ0v) is 6.90. The highest BCUT2D eigenvalue weighted by Gasteiger charge is 2.56. The van der Waals surface area contributed by atoms with E-state index in [-0.39, 0.29) is 18.0 Å². The predicted octanol–water partition coefficient (Wildman–Crippen LogP) is 1.51. The van der Waals surface area contributed by atoms with Crippen molar-refractivity contribution in [1.82, 2.24) is 0 Å². The topological polar surface area (TPSA) is 26.3 Å². The van der Waals surface area contributed by atoms with Crippen LogP contribution in [-0.2, 0) is 9.53 Å². The highest BCUT2D eigenvalue weighted by molar-refractivity contribution is 5.77. The Morgan fingerprint density at radius 3 is 3.17 bits per heavy atom.